The molecule has 1 heterocycles. The van der Waals surface area contributed by atoms with Crippen LogP contribution in [0.15, 0.2) is 0 Å². The van der Waals surface area contributed by atoms with E-state index in [0.717, 1.165) is 30.6 Å². The van der Waals surface area contributed by atoms with Crippen molar-refractivity contribution in [2.45, 2.75) is 66.5 Å². The second kappa shape index (κ2) is 6.80. The highest BCUT2D eigenvalue weighted by Gasteiger charge is 2.16. The van der Waals surface area contributed by atoms with Gasteiger partial charge in [-0.25, -0.2) is 0 Å². The predicted octanol–water partition coefficient (Wildman–Crippen LogP) is 2.94. The molecular weight excluding hydrogens is 212 g/mol. The topological polar surface area (TPSA) is 38.0 Å². The highest BCUT2D eigenvalue weighted by Crippen LogP contribution is 2.19. The quantitative estimate of drug-likeness (QED) is 0.793. The zero-order valence-corrected chi connectivity index (χ0v) is 11.7. The molecule has 0 aliphatic carbocycles. The van der Waals surface area contributed by atoms with Crippen molar-refractivity contribution in [3.63, 3.8) is 0 Å². The number of aliphatic hydroxyl groups excluding tert-OH is 1. The van der Waals surface area contributed by atoms with Gasteiger partial charge in [0.1, 0.15) is 0 Å². The largest absolute Gasteiger partial charge is 0.392 e. The maximum atomic E-state index is 9.47. The van der Waals surface area contributed by atoms with Gasteiger partial charge in [-0.2, -0.15) is 5.10 Å². The summed E-state index contributed by atoms with van der Waals surface area (Å²) in [6, 6.07) is 0. The van der Waals surface area contributed by atoms with Crippen molar-refractivity contribution in [3.8, 4) is 0 Å². The smallest absolute Gasteiger partial charge is 0.0718 e. The number of hydrogen-bond acceptors (Lipinski definition) is 2. The maximum Gasteiger partial charge on any atom is 0.0718 e. The van der Waals surface area contributed by atoms with Gasteiger partial charge in [0.2, 0.25) is 0 Å². The van der Waals surface area contributed by atoms with Crippen molar-refractivity contribution < 1.29 is 5.11 Å². The number of rotatable bonds is 7. The molecule has 0 fully saturated rings. The Morgan fingerprint density at radius 1 is 1.12 bits per heavy atom. The van der Waals surface area contributed by atoms with E-state index in [1.165, 1.54) is 18.5 Å². The van der Waals surface area contributed by atoms with Crippen LogP contribution in [0.5, 0.6) is 0 Å². The van der Waals surface area contributed by atoms with Gasteiger partial charge < -0.3 is 5.11 Å². The summed E-state index contributed by atoms with van der Waals surface area (Å²) in [6.45, 7) is 9.81. The molecule has 0 spiro atoms. The van der Waals surface area contributed by atoms with Crippen molar-refractivity contribution in [3.05, 3.63) is 17.0 Å². The van der Waals surface area contributed by atoms with Gasteiger partial charge in [-0.05, 0) is 18.8 Å². The first-order chi connectivity index (χ1) is 8.21. The van der Waals surface area contributed by atoms with Crippen molar-refractivity contribution in [2.24, 2.45) is 5.92 Å². The third-order valence-corrected chi connectivity index (χ3v) is 3.66. The Morgan fingerprint density at radius 2 is 1.76 bits per heavy atom. The van der Waals surface area contributed by atoms with E-state index < -0.39 is 0 Å². The molecule has 3 heteroatoms. The van der Waals surface area contributed by atoms with Gasteiger partial charge in [-0.15, -0.1) is 0 Å². The molecule has 1 rings (SSSR count). The summed E-state index contributed by atoms with van der Waals surface area (Å²) in [6.07, 6.45) is 4.23. The number of hydrogen-bond donors (Lipinski definition) is 1. The number of aliphatic hydroxyl groups is 1. The normalized spacial score (nSPS) is 11.4. The highest BCUT2D eigenvalue weighted by molar-refractivity contribution is 5.26. The van der Waals surface area contributed by atoms with Crippen molar-refractivity contribution in [1.29, 1.82) is 0 Å². The SMILES string of the molecule is CCc1nn(CC(CC)CC)c(CC)c1CO. The summed E-state index contributed by atoms with van der Waals surface area (Å²) in [4.78, 5) is 0. The molecule has 0 aromatic carbocycles. The van der Waals surface area contributed by atoms with Crippen LogP contribution in [0.1, 0.15) is 57.5 Å². The average Bonchev–Trinajstić information content (AvgIpc) is 2.72. The van der Waals surface area contributed by atoms with E-state index in [2.05, 4.69) is 37.5 Å². The van der Waals surface area contributed by atoms with E-state index in [9.17, 15) is 5.11 Å². The minimum Gasteiger partial charge on any atom is -0.392 e. The minimum atomic E-state index is 0.120. The average molecular weight is 238 g/mol. The lowest BCUT2D eigenvalue weighted by atomic mass is 10.0. The third kappa shape index (κ3) is 3.09. The van der Waals surface area contributed by atoms with Gasteiger partial charge in [0, 0.05) is 17.8 Å². The van der Waals surface area contributed by atoms with E-state index in [1.807, 2.05) is 0 Å². The van der Waals surface area contributed by atoms with Crippen LogP contribution in [0.3, 0.4) is 0 Å². The van der Waals surface area contributed by atoms with Gasteiger partial charge in [-0.1, -0.05) is 40.5 Å². The van der Waals surface area contributed by atoms with Crippen molar-refractivity contribution >= 4 is 0 Å². The Kier molecular flexibility index (Phi) is 5.69. The van der Waals surface area contributed by atoms with Crippen LogP contribution in [-0.4, -0.2) is 14.9 Å². The lowest BCUT2D eigenvalue weighted by Gasteiger charge is -2.14. The minimum absolute atomic E-state index is 0.120. The van der Waals surface area contributed by atoms with Gasteiger partial charge in [0.25, 0.3) is 0 Å². The first kappa shape index (κ1) is 14.2. The van der Waals surface area contributed by atoms with Crippen LogP contribution in [-0.2, 0) is 26.0 Å². The molecule has 3 nitrogen and oxygen atoms in total. The molecule has 1 aromatic rings. The summed E-state index contributed by atoms with van der Waals surface area (Å²) >= 11 is 0. The summed E-state index contributed by atoms with van der Waals surface area (Å²) in [7, 11) is 0. The maximum absolute atomic E-state index is 9.47. The molecule has 1 N–H and O–H groups in total. The Bertz CT molecular complexity index is 340. The van der Waals surface area contributed by atoms with E-state index >= 15 is 0 Å². The second-order valence-corrected chi connectivity index (χ2v) is 4.60. The predicted molar refractivity (Wildman–Crippen MR) is 71.0 cm³/mol. The highest BCUT2D eigenvalue weighted by atomic mass is 16.3. The molecule has 98 valence electrons. The first-order valence-electron chi connectivity index (χ1n) is 6.89. The van der Waals surface area contributed by atoms with Crippen LogP contribution in [0.2, 0.25) is 0 Å². The van der Waals surface area contributed by atoms with Gasteiger partial charge in [-0.3, -0.25) is 4.68 Å². The molecule has 0 aliphatic rings. The molecule has 0 saturated heterocycles. The van der Waals surface area contributed by atoms with E-state index in [0.29, 0.717) is 5.92 Å². The Morgan fingerprint density at radius 3 is 2.18 bits per heavy atom. The van der Waals surface area contributed by atoms with Crippen LogP contribution < -0.4 is 0 Å². The molecule has 17 heavy (non-hydrogen) atoms. The summed E-state index contributed by atoms with van der Waals surface area (Å²) in [5, 5.41) is 14.1. The zero-order valence-electron chi connectivity index (χ0n) is 11.7. The molecule has 0 aliphatic heterocycles. The summed E-state index contributed by atoms with van der Waals surface area (Å²) in [5.74, 6) is 0.691. The molecule has 0 bridgehead atoms. The van der Waals surface area contributed by atoms with Crippen molar-refractivity contribution in [2.75, 3.05) is 0 Å². The lowest BCUT2D eigenvalue weighted by Crippen LogP contribution is -2.13. The van der Waals surface area contributed by atoms with E-state index in [1.54, 1.807) is 0 Å². The van der Waals surface area contributed by atoms with Crippen LogP contribution in [0.4, 0.5) is 0 Å². The van der Waals surface area contributed by atoms with Crippen LogP contribution in [0, 0.1) is 5.92 Å². The Hall–Kier alpha value is -0.830. The number of nitrogens with zero attached hydrogens (tertiary/aromatic N) is 2. The fourth-order valence-corrected chi connectivity index (χ4v) is 2.39. The fourth-order valence-electron chi connectivity index (χ4n) is 2.39. The van der Waals surface area contributed by atoms with Crippen LogP contribution >= 0.6 is 0 Å². The van der Waals surface area contributed by atoms with Crippen molar-refractivity contribution in [1.82, 2.24) is 9.78 Å². The van der Waals surface area contributed by atoms with Crippen LogP contribution in [0.25, 0.3) is 0 Å². The first-order valence-corrected chi connectivity index (χ1v) is 6.89. The zero-order chi connectivity index (χ0) is 12.8. The molecule has 0 atom stereocenters. The Labute approximate surface area is 105 Å². The molecule has 1 aromatic heterocycles. The second-order valence-electron chi connectivity index (χ2n) is 4.60. The lowest BCUT2D eigenvalue weighted by molar-refractivity contribution is 0.279. The molecule has 0 saturated carbocycles. The van der Waals surface area contributed by atoms with E-state index in [-0.39, 0.29) is 6.61 Å². The molecule has 0 amide bonds. The number of aromatic nitrogens is 2. The number of aryl methyl sites for hydroxylation is 1. The summed E-state index contributed by atoms with van der Waals surface area (Å²) in [5.41, 5.74) is 3.34. The standard InChI is InChI=1S/C14H26N2O/c1-5-11(6-2)9-16-14(8-4)12(10-17)13(7-3)15-16/h11,17H,5-10H2,1-4H3. The van der Waals surface area contributed by atoms with Gasteiger partial charge >= 0.3 is 0 Å². The third-order valence-electron chi connectivity index (χ3n) is 3.66. The monoisotopic (exact) mass is 238 g/mol. The molecular formula is C14H26N2O. The Balaban J connectivity index is 3.01. The molecule has 0 radical (unpaired) electrons. The fraction of sp³-hybridized carbons (Fsp3) is 0.786. The summed E-state index contributed by atoms with van der Waals surface area (Å²) < 4.78 is 2.13. The van der Waals surface area contributed by atoms with Gasteiger partial charge in [0.05, 0.1) is 12.3 Å². The molecule has 0 unspecified atom stereocenters. The van der Waals surface area contributed by atoms with E-state index in [4.69, 9.17) is 0 Å². The van der Waals surface area contributed by atoms with Gasteiger partial charge in [0.15, 0.2) is 0 Å².